The third kappa shape index (κ3) is 2.69. The first kappa shape index (κ1) is 12.6. The number of hydrogen-bond donors (Lipinski definition) is 0. The van der Waals surface area contributed by atoms with Crippen LogP contribution in [0, 0.1) is 10.5 Å². The van der Waals surface area contributed by atoms with E-state index in [9.17, 15) is 4.79 Å². The summed E-state index contributed by atoms with van der Waals surface area (Å²) in [5.41, 5.74) is 2.47. The van der Waals surface area contributed by atoms with Gasteiger partial charge in [-0.3, -0.25) is 4.79 Å². The molecule has 0 aromatic heterocycles. The van der Waals surface area contributed by atoms with Crippen LogP contribution in [-0.2, 0) is 0 Å². The van der Waals surface area contributed by atoms with Crippen molar-refractivity contribution in [2.75, 3.05) is 0 Å². The van der Waals surface area contributed by atoms with Crippen molar-refractivity contribution in [2.24, 2.45) is 0 Å². The van der Waals surface area contributed by atoms with Crippen LogP contribution >= 0.6 is 34.2 Å². The van der Waals surface area contributed by atoms with E-state index in [4.69, 9.17) is 11.6 Å². The SMILES string of the molecule is Cc1cccc(C(=O)c2cccc(Cl)c2)c1I. The van der Waals surface area contributed by atoms with Crippen LogP contribution in [0.2, 0.25) is 5.02 Å². The van der Waals surface area contributed by atoms with Gasteiger partial charge in [0.25, 0.3) is 0 Å². The van der Waals surface area contributed by atoms with Gasteiger partial charge < -0.3 is 0 Å². The van der Waals surface area contributed by atoms with Gasteiger partial charge in [0, 0.05) is 19.7 Å². The molecule has 0 aliphatic heterocycles. The van der Waals surface area contributed by atoms with Gasteiger partial charge in [0.05, 0.1) is 0 Å². The van der Waals surface area contributed by atoms with Crippen LogP contribution in [0.4, 0.5) is 0 Å². The first-order valence-corrected chi connectivity index (χ1v) is 6.60. The lowest BCUT2D eigenvalue weighted by Gasteiger charge is -2.06. The lowest BCUT2D eigenvalue weighted by molar-refractivity contribution is 0.103. The molecule has 0 fully saturated rings. The average molecular weight is 357 g/mol. The van der Waals surface area contributed by atoms with Crippen LogP contribution in [0.1, 0.15) is 21.5 Å². The fraction of sp³-hybridized carbons (Fsp3) is 0.0714. The number of ketones is 1. The molecule has 3 heteroatoms. The molecule has 1 nitrogen and oxygen atoms in total. The van der Waals surface area contributed by atoms with Crippen molar-refractivity contribution < 1.29 is 4.79 Å². The van der Waals surface area contributed by atoms with Gasteiger partial charge in [0.2, 0.25) is 0 Å². The summed E-state index contributed by atoms with van der Waals surface area (Å²) in [6.07, 6.45) is 0. The van der Waals surface area contributed by atoms with Gasteiger partial charge in [-0.25, -0.2) is 0 Å². The number of hydrogen-bond acceptors (Lipinski definition) is 1. The first-order chi connectivity index (χ1) is 8.09. The predicted molar refractivity (Wildman–Crippen MR) is 78.8 cm³/mol. The van der Waals surface area contributed by atoms with Crippen LogP contribution in [0.15, 0.2) is 42.5 Å². The number of aryl methyl sites for hydroxylation is 1. The van der Waals surface area contributed by atoms with E-state index >= 15 is 0 Å². The molecule has 0 radical (unpaired) electrons. The second kappa shape index (κ2) is 5.19. The summed E-state index contributed by atoms with van der Waals surface area (Å²) in [6.45, 7) is 2.00. The highest BCUT2D eigenvalue weighted by atomic mass is 127. The Morgan fingerprint density at radius 2 is 1.88 bits per heavy atom. The predicted octanol–water partition coefficient (Wildman–Crippen LogP) is 4.48. The molecule has 0 heterocycles. The van der Waals surface area contributed by atoms with Crippen LogP contribution < -0.4 is 0 Å². The van der Waals surface area contributed by atoms with Gasteiger partial charge in [-0.05, 0) is 53.3 Å². The molecule has 86 valence electrons. The number of benzene rings is 2. The quantitative estimate of drug-likeness (QED) is 0.572. The summed E-state index contributed by atoms with van der Waals surface area (Å²) >= 11 is 8.10. The summed E-state index contributed by atoms with van der Waals surface area (Å²) in [5, 5.41) is 0.582. The summed E-state index contributed by atoms with van der Waals surface area (Å²) in [4.78, 5) is 12.3. The van der Waals surface area contributed by atoms with E-state index in [1.165, 1.54) is 0 Å². The van der Waals surface area contributed by atoms with Gasteiger partial charge in [0.15, 0.2) is 5.78 Å². The van der Waals surface area contributed by atoms with Gasteiger partial charge in [-0.2, -0.15) is 0 Å². The largest absolute Gasteiger partial charge is 0.289 e. The van der Waals surface area contributed by atoms with E-state index < -0.39 is 0 Å². The Labute approximate surface area is 119 Å². The van der Waals surface area contributed by atoms with Crippen LogP contribution in [-0.4, -0.2) is 5.78 Å². The molecule has 0 bridgehead atoms. The van der Waals surface area contributed by atoms with Gasteiger partial charge >= 0.3 is 0 Å². The van der Waals surface area contributed by atoms with Crippen molar-refractivity contribution in [1.29, 1.82) is 0 Å². The Bertz CT molecular complexity index is 578. The molecule has 2 aromatic rings. The maximum absolute atomic E-state index is 12.3. The van der Waals surface area contributed by atoms with Crippen molar-refractivity contribution in [1.82, 2.24) is 0 Å². The van der Waals surface area contributed by atoms with Crippen LogP contribution in [0.5, 0.6) is 0 Å². The number of rotatable bonds is 2. The van der Waals surface area contributed by atoms with Crippen molar-refractivity contribution in [3.63, 3.8) is 0 Å². The fourth-order valence-electron chi connectivity index (χ4n) is 1.61. The summed E-state index contributed by atoms with van der Waals surface area (Å²) in [7, 11) is 0. The zero-order chi connectivity index (χ0) is 12.4. The number of carbonyl (C=O) groups excluding carboxylic acids is 1. The van der Waals surface area contributed by atoms with Gasteiger partial charge in [-0.1, -0.05) is 35.9 Å². The topological polar surface area (TPSA) is 17.1 Å². The van der Waals surface area contributed by atoms with Gasteiger partial charge in [-0.15, -0.1) is 0 Å². The van der Waals surface area contributed by atoms with E-state index in [0.29, 0.717) is 10.6 Å². The third-order valence-electron chi connectivity index (χ3n) is 2.52. The van der Waals surface area contributed by atoms with E-state index in [1.54, 1.807) is 24.3 Å². The Morgan fingerprint density at radius 1 is 1.18 bits per heavy atom. The fourth-order valence-corrected chi connectivity index (χ4v) is 2.40. The Balaban J connectivity index is 2.48. The minimum atomic E-state index is 0.0144. The molecule has 0 spiro atoms. The molecule has 0 amide bonds. The smallest absolute Gasteiger partial charge is 0.194 e. The highest BCUT2D eigenvalue weighted by Gasteiger charge is 2.13. The molecule has 2 rings (SSSR count). The lowest BCUT2D eigenvalue weighted by atomic mass is 10.0. The third-order valence-corrected chi connectivity index (χ3v) is 4.19. The zero-order valence-corrected chi connectivity index (χ0v) is 12.1. The molecule has 0 atom stereocenters. The normalized spacial score (nSPS) is 10.3. The second-order valence-corrected chi connectivity index (χ2v) is 5.29. The van der Waals surface area contributed by atoms with Crippen molar-refractivity contribution in [2.45, 2.75) is 6.92 Å². The summed E-state index contributed by atoms with van der Waals surface area (Å²) in [5.74, 6) is 0.0144. The maximum atomic E-state index is 12.3. The molecule has 0 aliphatic rings. The molecule has 0 saturated carbocycles. The molecule has 0 N–H and O–H groups in total. The first-order valence-electron chi connectivity index (χ1n) is 5.15. The van der Waals surface area contributed by atoms with E-state index in [-0.39, 0.29) is 5.78 Å². The molecule has 0 aliphatic carbocycles. The van der Waals surface area contributed by atoms with Gasteiger partial charge in [0.1, 0.15) is 0 Å². The molecular weight excluding hydrogens is 347 g/mol. The van der Waals surface area contributed by atoms with Crippen molar-refractivity contribution in [3.8, 4) is 0 Å². The molecule has 0 saturated heterocycles. The monoisotopic (exact) mass is 356 g/mol. The average Bonchev–Trinajstić information content (AvgIpc) is 2.32. The second-order valence-electron chi connectivity index (χ2n) is 3.78. The molecule has 17 heavy (non-hydrogen) atoms. The van der Waals surface area contributed by atoms with Crippen molar-refractivity contribution >= 4 is 40.0 Å². The maximum Gasteiger partial charge on any atom is 0.194 e. The Morgan fingerprint density at radius 3 is 2.59 bits per heavy atom. The highest BCUT2D eigenvalue weighted by molar-refractivity contribution is 14.1. The number of halogens is 2. The Hall–Kier alpha value is -0.870. The minimum Gasteiger partial charge on any atom is -0.289 e. The standard InChI is InChI=1S/C14H10ClIO/c1-9-4-2-7-12(13(9)16)14(17)10-5-3-6-11(15)8-10/h2-8H,1H3. The minimum absolute atomic E-state index is 0.0144. The van der Waals surface area contributed by atoms with E-state index in [2.05, 4.69) is 22.6 Å². The van der Waals surface area contributed by atoms with Crippen LogP contribution in [0.3, 0.4) is 0 Å². The number of carbonyl (C=O) groups is 1. The summed E-state index contributed by atoms with van der Waals surface area (Å²) in [6, 6.07) is 12.8. The molecule has 0 unspecified atom stereocenters. The van der Waals surface area contributed by atoms with E-state index in [1.807, 2.05) is 25.1 Å². The van der Waals surface area contributed by atoms with E-state index in [0.717, 1.165) is 14.7 Å². The highest BCUT2D eigenvalue weighted by Crippen LogP contribution is 2.21. The van der Waals surface area contributed by atoms with Crippen LogP contribution in [0.25, 0.3) is 0 Å². The zero-order valence-electron chi connectivity index (χ0n) is 9.21. The summed E-state index contributed by atoms with van der Waals surface area (Å²) < 4.78 is 0.995. The lowest BCUT2D eigenvalue weighted by Crippen LogP contribution is -2.04. The Kier molecular flexibility index (Phi) is 3.84. The van der Waals surface area contributed by atoms with Crippen molar-refractivity contribution in [3.05, 3.63) is 67.7 Å². The molecular formula is C14H10ClIO. The molecule has 2 aromatic carbocycles.